The van der Waals surface area contributed by atoms with Crippen LogP contribution in [0.3, 0.4) is 0 Å². The van der Waals surface area contributed by atoms with Crippen molar-refractivity contribution in [2.24, 2.45) is 0 Å². The Hall–Kier alpha value is -4.52. The molecule has 1 fully saturated rings. The van der Waals surface area contributed by atoms with Gasteiger partial charge in [0.2, 0.25) is 0 Å². The van der Waals surface area contributed by atoms with Gasteiger partial charge in [-0.1, -0.05) is 23.2 Å². The highest BCUT2D eigenvalue weighted by Gasteiger charge is 2.32. The number of aromatic amines is 1. The molecule has 0 bridgehead atoms. The van der Waals surface area contributed by atoms with Crippen LogP contribution in [0.1, 0.15) is 23.9 Å². The molecule has 0 saturated carbocycles. The third-order valence-corrected chi connectivity index (χ3v) is 8.15. The van der Waals surface area contributed by atoms with E-state index in [4.69, 9.17) is 27.9 Å². The van der Waals surface area contributed by atoms with E-state index in [1.54, 1.807) is 53.1 Å². The van der Waals surface area contributed by atoms with Crippen LogP contribution in [0.4, 0.5) is 10.5 Å². The van der Waals surface area contributed by atoms with Gasteiger partial charge in [-0.2, -0.15) is 4.68 Å². The van der Waals surface area contributed by atoms with E-state index in [1.165, 1.54) is 15.9 Å². The minimum absolute atomic E-state index is 0.182. The number of nitrogens with one attached hydrogen (secondary N) is 1. The molecule has 1 saturated heterocycles. The number of carboxylic acid groups (broad SMARTS) is 1. The van der Waals surface area contributed by atoms with Crippen molar-refractivity contribution < 1.29 is 14.6 Å². The largest absolute Gasteiger partial charge is 0.465 e. The summed E-state index contributed by atoms with van der Waals surface area (Å²) in [6.45, 7) is 0.739. The zero-order valence-electron chi connectivity index (χ0n) is 21.8. The molecular formula is C28H22Cl2N8O4. The summed E-state index contributed by atoms with van der Waals surface area (Å²) in [5.74, 6) is 0.526. The zero-order valence-corrected chi connectivity index (χ0v) is 23.3. The first-order chi connectivity index (χ1) is 20.4. The first-order valence-electron chi connectivity index (χ1n) is 13.1. The van der Waals surface area contributed by atoms with Gasteiger partial charge in [0.05, 0.1) is 36.7 Å². The summed E-state index contributed by atoms with van der Waals surface area (Å²) < 4.78 is 8.43. The number of benzene rings is 2. The van der Waals surface area contributed by atoms with E-state index in [1.807, 2.05) is 6.07 Å². The molecule has 212 valence electrons. The molecule has 2 aliphatic heterocycles. The summed E-state index contributed by atoms with van der Waals surface area (Å²) in [7, 11) is 0. The predicted molar refractivity (Wildman–Crippen MR) is 154 cm³/mol. The summed E-state index contributed by atoms with van der Waals surface area (Å²) in [4.78, 5) is 34.5. The van der Waals surface area contributed by atoms with Gasteiger partial charge in [-0.25, -0.2) is 9.78 Å². The van der Waals surface area contributed by atoms with Crippen LogP contribution in [0.5, 0.6) is 0 Å². The normalized spacial score (nSPS) is 16.3. The Morgan fingerprint density at radius 3 is 2.57 bits per heavy atom. The Morgan fingerprint density at radius 1 is 1.07 bits per heavy atom. The lowest BCUT2D eigenvalue weighted by atomic mass is 10.0. The number of pyridine rings is 1. The van der Waals surface area contributed by atoms with E-state index in [2.05, 4.69) is 25.5 Å². The fourth-order valence-corrected chi connectivity index (χ4v) is 6.02. The smallest absolute Gasteiger partial charge is 0.412 e. The third kappa shape index (κ3) is 4.53. The highest BCUT2D eigenvalue weighted by molar-refractivity contribution is 6.31. The Balaban J connectivity index is 1.20. The molecule has 2 N–H and O–H groups in total. The van der Waals surface area contributed by atoms with Crippen molar-refractivity contribution in [1.82, 2.24) is 34.7 Å². The van der Waals surface area contributed by atoms with Gasteiger partial charge in [-0.05, 0) is 77.4 Å². The summed E-state index contributed by atoms with van der Waals surface area (Å²) in [5.41, 5.74) is 4.74. The van der Waals surface area contributed by atoms with Gasteiger partial charge in [0.25, 0.3) is 5.56 Å². The van der Waals surface area contributed by atoms with Crippen LogP contribution in [0.25, 0.3) is 28.2 Å². The molecule has 0 aliphatic carbocycles. The number of halogens is 2. The van der Waals surface area contributed by atoms with Gasteiger partial charge in [0, 0.05) is 33.6 Å². The maximum atomic E-state index is 13.5. The lowest BCUT2D eigenvalue weighted by Crippen LogP contribution is -2.51. The summed E-state index contributed by atoms with van der Waals surface area (Å²) in [6.07, 6.45) is 1.77. The molecule has 14 heteroatoms. The van der Waals surface area contributed by atoms with Crippen LogP contribution >= 0.6 is 23.2 Å². The Bertz CT molecular complexity index is 1870. The zero-order chi connectivity index (χ0) is 29.0. The van der Waals surface area contributed by atoms with E-state index in [0.29, 0.717) is 59.5 Å². The van der Waals surface area contributed by atoms with Crippen molar-refractivity contribution in [3.63, 3.8) is 0 Å². The number of rotatable bonds is 6. The quantitative estimate of drug-likeness (QED) is 0.286. The number of carbonyl (C=O) groups is 1. The molecule has 7 rings (SSSR count). The maximum Gasteiger partial charge on any atom is 0.412 e. The van der Waals surface area contributed by atoms with Gasteiger partial charge < -0.3 is 19.4 Å². The molecule has 42 heavy (non-hydrogen) atoms. The number of fused-ring (bicyclic) bond motifs is 1. The number of aromatic nitrogens is 7. The lowest BCUT2D eigenvalue weighted by Gasteiger charge is -2.35. The van der Waals surface area contributed by atoms with Crippen LogP contribution in [0, 0.1) is 0 Å². The number of amides is 1. The Morgan fingerprint density at radius 2 is 1.88 bits per heavy atom. The van der Waals surface area contributed by atoms with E-state index in [0.717, 1.165) is 16.8 Å². The standard InChI is InChI=1S/C28H22Cl2N8O4/c29-17-3-7-22(36-14-31-34-35-36)21(11-17)16-9-19-6-8-23(38(19)24(39)10-16)25-26(30)33-27(32-25)15-1-4-18(5-2-15)37(28(40)41)20-12-42-13-20/h1-5,7,9-11,14,20,23H,6,8,12-13H2,(H,32,33)(H,40,41)/t23-/m0/s1. The van der Waals surface area contributed by atoms with Crippen molar-refractivity contribution in [2.75, 3.05) is 18.1 Å². The number of nitrogens with zero attached hydrogens (tertiary/aromatic N) is 7. The SMILES string of the molecule is O=C(O)N(c1ccc(-c2nc(Cl)c([C@@H]3CCc4cc(-c5cc(Cl)ccc5-n5cnnn5)cc(=O)n43)[nH]2)cc1)C1COC1. The molecule has 5 aromatic rings. The molecule has 3 aromatic heterocycles. The maximum absolute atomic E-state index is 13.5. The van der Waals surface area contributed by atoms with E-state index in [9.17, 15) is 14.7 Å². The third-order valence-electron chi connectivity index (χ3n) is 7.63. The van der Waals surface area contributed by atoms with Gasteiger partial charge in [0.15, 0.2) is 5.15 Å². The van der Waals surface area contributed by atoms with Crippen LogP contribution in [0.15, 0.2) is 65.7 Å². The summed E-state index contributed by atoms with van der Waals surface area (Å²) in [6, 6.07) is 15.4. The highest BCUT2D eigenvalue weighted by atomic mass is 35.5. The molecule has 5 heterocycles. The number of imidazole rings is 1. The van der Waals surface area contributed by atoms with Crippen LogP contribution in [-0.2, 0) is 11.2 Å². The molecule has 2 aromatic carbocycles. The monoisotopic (exact) mass is 604 g/mol. The van der Waals surface area contributed by atoms with Crippen molar-refractivity contribution in [2.45, 2.75) is 24.9 Å². The molecule has 0 radical (unpaired) electrons. The average Bonchev–Trinajstić information content (AvgIpc) is 3.71. The molecule has 12 nitrogen and oxygen atoms in total. The molecule has 1 atom stereocenters. The Labute approximate surface area is 248 Å². The van der Waals surface area contributed by atoms with Crippen molar-refractivity contribution in [1.29, 1.82) is 0 Å². The fourth-order valence-electron chi connectivity index (χ4n) is 5.59. The second-order valence-electron chi connectivity index (χ2n) is 10.1. The minimum Gasteiger partial charge on any atom is -0.465 e. The average molecular weight is 605 g/mol. The number of ether oxygens (including phenoxy) is 1. The number of hydrogen-bond donors (Lipinski definition) is 2. The second kappa shape index (κ2) is 10.4. The molecule has 2 aliphatic rings. The first-order valence-corrected chi connectivity index (χ1v) is 13.9. The number of aryl methyl sites for hydroxylation is 1. The highest BCUT2D eigenvalue weighted by Crippen LogP contribution is 2.37. The first kappa shape index (κ1) is 26.4. The van der Waals surface area contributed by atoms with Gasteiger partial charge >= 0.3 is 6.09 Å². The van der Waals surface area contributed by atoms with Crippen LogP contribution < -0.4 is 10.5 Å². The predicted octanol–water partition coefficient (Wildman–Crippen LogP) is 4.61. The number of hydrogen-bond acceptors (Lipinski definition) is 7. The van der Waals surface area contributed by atoms with Crippen LogP contribution in [-0.4, -0.2) is 65.2 Å². The van der Waals surface area contributed by atoms with E-state index >= 15 is 0 Å². The van der Waals surface area contributed by atoms with Crippen molar-refractivity contribution in [3.8, 4) is 28.2 Å². The van der Waals surface area contributed by atoms with Gasteiger partial charge in [-0.15, -0.1) is 5.10 Å². The van der Waals surface area contributed by atoms with E-state index < -0.39 is 6.09 Å². The molecular weight excluding hydrogens is 583 g/mol. The van der Waals surface area contributed by atoms with Gasteiger partial charge in [-0.3, -0.25) is 9.69 Å². The van der Waals surface area contributed by atoms with Crippen LogP contribution in [0.2, 0.25) is 10.2 Å². The number of H-pyrrole nitrogens is 1. The fraction of sp³-hybridized carbons (Fsp3) is 0.214. The molecule has 1 amide bonds. The topological polar surface area (TPSA) is 144 Å². The van der Waals surface area contributed by atoms with Crippen molar-refractivity contribution >= 4 is 35.0 Å². The number of tetrazole rings is 1. The molecule has 0 unspecified atom stereocenters. The second-order valence-corrected chi connectivity index (χ2v) is 10.9. The summed E-state index contributed by atoms with van der Waals surface area (Å²) in [5, 5.41) is 21.9. The minimum atomic E-state index is -1.03. The number of anilines is 1. The molecule has 0 spiro atoms. The van der Waals surface area contributed by atoms with Crippen molar-refractivity contribution in [3.05, 3.63) is 92.8 Å². The summed E-state index contributed by atoms with van der Waals surface area (Å²) >= 11 is 12.9. The lowest BCUT2D eigenvalue weighted by molar-refractivity contribution is 0.00897. The Kier molecular flexibility index (Phi) is 6.53. The van der Waals surface area contributed by atoms with E-state index in [-0.39, 0.29) is 22.8 Å². The van der Waals surface area contributed by atoms with Gasteiger partial charge in [0.1, 0.15) is 12.2 Å².